The van der Waals surface area contributed by atoms with E-state index in [2.05, 4.69) is 4.98 Å². The minimum absolute atomic E-state index is 0.549. The molecule has 1 atom stereocenters. The Kier molecular flexibility index (Phi) is 2.42. The second-order valence-electron chi connectivity index (χ2n) is 2.43. The van der Waals surface area contributed by atoms with Gasteiger partial charge in [-0.25, -0.2) is 0 Å². The van der Waals surface area contributed by atoms with Gasteiger partial charge in [-0.1, -0.05) is 0 Å². The molecule has 0 aliphatic carbocycles. The Labute approximate surface area is 72.0 Å². The molecule has 0 radical (unpaired) electrons. The van der Waals surface area contributed by atoms with Crippen molar-refractivity contribution in [2.75, 3.05) is 0 Å². The summed E-state index contributed by atoms with van der Waals surface area (Å²) >= 11 is 0. The van der Waals surface area contributed by atoms with Gasteiger partial charge in [-0.2, -0.15) is 13.2 Å². The van der Waals surface area contributed by atoms with E-state index >= 15 is 0 Å². The summed E-state index contributed by atoms with van der Waals surface area (Å²) in [5, 5.41) is 9.00. The standard InChI is InChI=1S/C7H7F3N2O/c8-7(9,10)6(11)5-4(13)2-1-3-12-5/h1-3,6,13H,11H2/t6-/m1/s1. The van der Waals surface area contributed by atoms with Crippen LogP contribution >= 0.6 is 0 Å². The topological polar surface area (TPSA) is 59.1 Å². The maximum absolute atomic E-state index is 12.0. The van der Waals surface area contributed by atoms with Crippen molar-refractivity contribution in [3.05, 3.63) is 24.0 Å². The fourth-order valence-electron chi connectivity index (χ4n) is 0.804. The van der Waals surface area contributed by atoms with Gasteiger partial charge in [0.25, 0.3) is 0 Å². The molecular formula is C7H7F3N2O. The first-order chi connectivity index (χ1) is 5.93. The van der Waals surface area contributed by atoms with Crippen LogP contribution in [0.4, 0.5) is 13.2 Å². The van der Waals surface area contributed by atoms with Crippen molar-refractivity contribution in [3.8, 4) is 5.75 Å². The highest BCUT2D eigenvalue weighted by Gasteiger charge is 2.40. The van der Waals surface area contributed by atoms with Gasteiger partial charge in [0.2, 0.25) is 0 Å². The summed E-state index contributed by atoms with van der Waals surface area (Å²) < 4.78 is 36.1. The molecule has 13 heavy (non-hydrogen) atoms. The Hall–Kier alpha value is -1.30. The molecule has 72 valence electrons. The quantitative estimate of drug-likeness (QED) is 0.706. The molecule has 0 spiro atoms. The van der Waals surface area contributed by atoms with Crippen LogP contribution in [0, 0.1) is 0 Å². The zero-order valence-electron chi connectivity index (χ0n) is 6.42. The summed E-state index contributed by atoms with van der Waals surface area (Å²) in [6.45, 7) is 0. The van der Waals surface area contributed by atoms with Crippen LogP contribution in [0.3, 0.4) is 0 Å². The molecule has 0 aromatic carbocycles. The number of nitrogens with two attached hydrogens (primary N) is 1. The van der Waals surface area contributed by atoms with E-state index in [0.717, 1.165) is 12.3 Å². The van der Waals surface area contributed by atoms with E-state index in [9.17, 15) is 13.2 Å². The van der Waals surface area contributed by atoms with Crippen LogP contribution in [0.25, 0.3) is 0 Å². The van der Waals surface area contributed by atoms with Crippen LogP contribution in [0.5, 0.6) is 5.75 Å². The third kappa shape index (κ3) is 2.09. The molecule has 1 heterocycles. The molecular weight excluding hydrogens is 185 g/mol. The number of alkyl halides is 3. The Morgan fingerprint density at radius 2 is 2.08 bits per heavy atom. The van der Waals surface area contributed by atoms with Crippen LogP contribution in [-0.4, -0.2) is 16.3 Å². The highest BCUT2D eigenvalue weighted by Crippen LogP contribution is 2.32. The average molecular weight is 192 g/mol. The largest absolute Gasteiger partial charge is 0.506 e. The van der Waals surface area contributed by atoms with Crippen LogP contribution < -0.4 is 5.73 Å². The number of rotatable bonds is 1. The molecule has 0 aliphatic rings. The third-order valence-corrected chi connectivity index (χ3v) is 1.46. The number of nitrogens with zero attached hydrogens (tertiary/aromatic N) is 1. The predicted octanol–water partition coefficient (Wildman–Crippen LogP) is 1.35. The zero-order valence-corrected chi connectivity index (χ0v) is 6.42. The summed E-state index contributed by atoms with van der Waals surface area (Å²) in [7, 11) is 0. The second kappa shape index (κ2) is 3.21. The minimum atomic E-state index is -4.59. The number of halogens is 3. The van der Waals surface area contributed by atoms with Crippen LogP contribution in [0.15, 0.2) is 18.3 Å². The molecule has 0 unspecified atom stereocenters. The molecule has 0 saturated heterocycles. The smallest absolute Gasteiger partial charge is 0.409 e. The van der Waals surface area contributed by atoms with Gasteiger partial charge in [0.1, 0.15) is 17.5 Å². The lowest BCUT2D eigenvalue weighted by molar-refractivity contribution is -0.150. The van der Waals surface area contributed by atoms with E-state index in [1.54, 1.807) is 0 Å². The van der Waals surface area contributed by atoms with E-state index in [4.69, 9.17) is 10.8 Å². The van der Waals surface area contributed by atoms with Crippen molar-refractivity contribution in [2.24, 2.45) is 5.73 Å². The highest BCUT2D eigenvalue weighted by atomic mass is 19.4. The lowest BCUT2D eigenvalue weighted by Gasteiger charge is -2.15. The Morgan fingerprint density at radius 3 is 2.54 bits per heavy atom. The monoisotopic (exact) mass is 192 g/mol. The molecule has 0 fully saturated rings. The molecule has 1 aromatic heterocycles. The summed E-state index contributed by atoms with van der Waals surface area (Å²) in [4.78, 5) is 3.35. The van der Waals surface area contributed by atoms with E-state index in [0.29, 0.717) is 0 Å². The van der Waals surface area contributed by atoms with Crippen LogP contribution in [0.2, 0.25) is 0 Å². The Bertz CT molecular complexity index is 300. The van der Waals surface area contributed by atoms with Gasteiger partial charge in [-0.15, -0.1) is 0 Å². The Balaban J connectivity index is 3.02. The summed E-state index contributed by atoms with van der Waals surface area (Å²) in [6, 6.07) is 0.185. The number of aromatic hydroxyl groups is 1. The molecule has 1 aromatic rings. The molecule has 3 nitrogen and oxygen atoms in total. The van der Waals surface area contributed by atoms with Gasteiger partial charge in [-0.05, 0) is 12.1 Å². The van der Waals surface area contributed by atoms with Gasteiger partial charge in [0.05, 0.1) is 0 Å². The van der Waals surface area contributed by atoms with E-state index in [1.807, 2.05) is 0 Å². The van der Waals surface area contributed by atoms with Crippen molar-refractivity contribution in [3.63, 3.8) is 0 Å². The SMILES string of the molecule is N[C@H](c1ncccc1O)C(F)(F)F. The van der Waals surface area contributed by atoms with Gasteiger partial charge in [-0.3, -0.25) is 4.98 Å². The molecule has 1 rings (SSSR count). The summed E-state index contributed by atoms with van der Waals surface area (Å²) in [6.07, 6.45) is -3.45. The molecule has 0 saturated carbocycles. The number of hydrogen-bond donors (Lipinski definition) is 2. The van der Waals surface area contributed by atoms with Gasteiger partial charge >= 0.3 is 6.18 Å². The maximum atomic E-state index is 12.0. The predicted molar refractivity (Wildman–Crippen MR) is 38.9 cm³/mol. The molecule has 3 N–H and O–H groups in total. The van der Waals surface area contributed by atoms with Crippen molar-refractivity contribution in [1.82, 2.24) is 4.98 Å². The summed E-state index contributed by atoms with van der Waals surface area (Å²) in [5.74, 6) is -0.549. The van der Waals surface area contributed by atoms with Crippen molar-refractivity contribution in [1.29, 1.82) is 0 Å². The summed E-state index contributed by atoms with van der Waals surface area (Å²) in [5.41, 5.74) is 4.27. The molecule has 6 heteroatoms. The first kappa shape index (κ1) is 9.79. The maximum Gasteiger partial charge on any atom is 0.409 e. The second-order valence-corrected chi connectivity index (χ2v) is 2.43. The highest BCUT2D eigenvalue weighted by molar-refractivity contribution is 5.28. The van der Waals surface area contributed by atoms with E-state index in [-0.39, 0.29) is 0 Å². The van der Waals surface area contributed by atoms with Crippen LogP contribution in [0.1, 0.15) is 11.7 Å². The lowest BCUT2D eigenvalue weighted by Crippen LogP contribution is -2.29. The number of aromatic nitrogens is 1. The average Bonchev–Trinajstić information content (AvgIpc) is 2.02. The van der Waals surface area contributed by atoms with Crippen LogP contribution in [-0.2, 0) is 0 Å². The van der Waals surface area contributed by atoms with Gasteiger partial charge in [0, 0.05) is 6.20 Å². The Morgan fingerprint density at radius 1 is 1.46 bits per heavy atom. The number of hydrogen-bond acceptors (Lipinski definition) is 3. The third-order valence-electron chi connectivity index (χ3n) is 1.46. The number of pyridine rings is 1. The van der Waals surface area contributed by atoms with E-state index < -0.39 is 23.7 Å². The minimum Gasteiger partial charge on any atom is -0.506 e. The molecule has 0 bridgehead atoms. The zero-order chi connectivity index (χ0) is 10.1. The molecule has 0 amide bonds. The van der Waals surface area contributed by atoms with E-state index in [1.165, 1.54) is 6.07 Å². The van der Waals surface area contributed by atoms with Gasteiger partial charge in [0.15, 0.2) is 0 Å². The first-order valence-corrected chi connectivity index (χ1v) is 3.39. The molecule has 0 aliphatic heterocycles. The van der Waals surface area contributed by atoms with Crippen molar-refractivity contribution in [2.45, 2.75) is 12.2 Å². The lowest BCUT2D eigenvalue weighted by atomic mass is 10.2. The fourth-order valence-corrected chi connectivity index (χ4v) is 0.804. The normalized spacial score (nSPS) is 14.2. The van der Waals surface area contributed by atoms with Crippen molar-refractivity contribution >= 4 is 0 Å². The fraction of sp³-hybridized carbons (Fsp3) is 0.286. The van der Waals surface area contributed by atoms with Gasteiger partial charge < -0.3 is 10.8 Å². The van der Waals surface area contributed by atoms with Crippen molar-refractivity contribution < 1.29 is 18.3 Å². The first-order valence-electron chi connectivity index (χ1n) is 3.39.